The van der Waals surface area contributed by atoms with Crippen LogP contribution in [0.3, 0.4) is 0 Å². The van der Waals surface area contributed by atoms with Gasteiger partial charge < -0.3 is 4.90 Å². The highest BCUT2D eigenvalue weighted by Crippen LogP contribution is 2.26. The lowest BCUT2D eigenvalue weighted by atomic mass is 10.0. The predicted molar refractivity (Wildman–Crippen MR) is 134 cm³/mol. The highest BCUT2D eigenvalue weighted by molar-refractivity contribution is 6.07. The highest BCUT2D eigenvalue weighted by atomic mass is 19.1. The van der Waals surface area contributed by atoms with Gasteiger partial charge in [0.2, 0.25) is 0 Å². The molecule has 2 heterocycles. The lowest BCUT2D eigenvalue weighted by Crippen LogP contribution is -2.35. The number of nitriles is 1. The van der Waals surface area contributed by atoms with Crippen molar-refractivity contribution in [2.45, 2.75) is 13.0 Å². The number of rotatable bonds is 4. The largest absolute Gasteiger partial charge is 0.337 e. The van der Waals surface area contributed by atoms with Gasteiger partial charge in [-0.1, -0.05) is 30.3 Å². The number of hydrogen-bond acceptors (Lipinski definition) is 4. The minimum absolute atomic E-state index is 0.00724. The summed E-state index contributed by atoms with van der Waals surface area (Å²) < 4.78 is 13.4. The lowest BCUT2D eigenvalue weighted by molar-refractivity contribution is 0.0763. The standard InChI is InChI=1S/C29H25FN4O/c30-24-12-10-23(11-13-24)28-18-26(25-4-1-2-5-27(25)32-28)29(35)34-15-3-14-33(16-17-34)20-22-8-6-21(19-31)7-9-22/h1-2,4-13,18H,3,14-17,20H2. The Morgan fingerprint density at radius 1 is 0.943 bits per heavy atom. The number of halogens is 1. The first kappa shape index (κ1) is 22.7. The number of pyridine rings is 1. The molecule has 4 aromatic rings. The van der Waals surface area contributed by atoms with E-state index in [1.165, 1.54) is 12.1 Å². The molecule has 5 nitrogen and oxygen atoms in total. The molecule has 3 aromatic carbocycles. The summed E-state index contributed by atoms with van der Waals surface area (Å²) in [5.74, 6) is -0.312. The molecule has 174 valence electrons. The Balaban J connectivity index is 1.37. The van der Waals surface area contributed by atoms with Crippen LogP contribution in [0.2, 0.25) is 0 Å². The molecule has 0 radical (unpaired) electrons. The number of para-hydroxylation sites is 1. The predicted octanol–water partition coefficient (Wildman–Crippen LogP) is 5.26. The molecule has 0 spiro atoms. The van der Waals surface area contributed by atoms with Crippen molar-refractivity contribution in [3.05, 3.63) is 101 Å². The summed E-state index contributed by atoms with van der Waals surface area (Å²) in [5.41, 5.74) is 4.61. The fraction of sp³-hybridized carbons (Fsp3) is 0.207. The van der Waals surface area contributed by atoms with Crippen LogP contribution in [-0.4, -0.2) is 46.9 Å². The first-order chi connectivity index (χ1) is 17.1. The first-order valence-corrected chi connectivity index (χ1v) is 11.8. The smallest absolute Gasteiger partial charge is 0.254 e. The molecule has 0 N–H and O–H groups in total. The van der Waals surface area contributed by atoms with Gasteiger partial charge in [0.15, 0.2) is 0 Å². The number of hydrogen-bond donors (Lipinski definition) is 0. The minimum Gasteiger partial charge on any atom is -0.337 e. The van der Waals surface area contributed by atoms with Crippen LogP contribution in [0.1, 0.15) is 27.9 Å². The molecular formula is C29H25FN4O. The number of aromatic nitrogens is 1. The number of nitrogens with zero attached hydrogens (tertiary/aromatic N) is 4. The van der Waals surface area contributed by atoms with Gasteiger partial charge >= 0.3 is 0 Å². The van der Waals surface area contributed by atoms with Gasteiger partial charge in [0, 0.05) is 43.7 Å². The zero-order chi connectivity index (χ0) is 24.2. The van der Waals surface area contributed by atoms with Crippen molar-refractivity contribution in [3.63, 3.8) is 0 Å². The second-order valence-corrected chi connectivity index (χ2v) is 8.81. The quantitative estimate of drug-likeness (QED) is 0.413. The van der Waals surface area contributed by atoms with Crippen molar-refractivity contribution in [2.75, 3.05) is 26.2 Å². The second kappa shape index (κ2) is 10.0. The first-order valence-electron chi connectivity index (χ1n) is 11.8. The third-order valence-electron chi connectivity index (χ3n) is 6.45. The summed E-state index contributed by atoms with van der Waals surface area (Å²) in [7, 11) is 0. The van der Waals surface area contributed by atoms with Crippen molar-refractivity contribution in [2.24, 2.45) is 0 Å². The maximum atomic E-state index is 13.7. The van der Waals surface area contributed by atoms with E-state index in [0.29, 0.717) is 29.9 Å². The van der Waals surface area contributed by atoms with Gasteiger partial charge in [-0.25, -0.2) is 9.37 Å². The maximum absolute atomic E-state index is 13.7. The third kappa shape index (κ3) is 5.06. The monoisotopic (exact) mass is 464 g/mol. The topological polar surface area (TPSA) is 60.2 Å². The van der Waals surface area contributed by atoms with Gasteiger partial charge in [0.25, 0.3) is 5.91 Å². The summed E-state index contributed by atoms with van der Waals surface area (Å²) in [6.07, 6.45) is 0.885. The number of carbonyl (C=O) groups is 1. The Morgan fingerprint density at radius 3 is 2.49 bits per heavy atom. The van der Waals surface area contributed by atoms with E-state index in [1.807, 2.05) is 59.5 Å². The summed E-state index contributed by atoms with van der Waals surface area (Å²) in [6.45, 7) is 3.80. The molecule has 1 aromatic heterocycles. The van der Waals surface area contributed by atoms with Crippen molar-refractivity contribution in [1.29, 1.82) is 5.26 Å². The Hall–Kier alpha value is -4.08. The van der Waals surface area contributed by atoms with Crippen LogP contribution in [0.25, 0.3) is 22.2 Å². The van der Waals surface area contributed by atoms with E-state index in [2.05, 4.69) is 11.0 Å². The van der Waals surface area contributed by atoms with E-state index >= 15 is 0 Å². The van der Waals surface area contributed by atoms with Crippen molar-refractivity contribution < 1.29 is 9.18 Å². The van der Waals surface area contributed by atoms with Gasteiger partial charge in [-0.15, -0.1) is 0 Å². The molecule has 1 aliphatic heterocycles. The van der Waals surface area contributed by atoms with Crippen LogP contribution >= 0.6 is 0 Å². The zero-order valence-electron chi connectivity index (χ0n) is 19.3. The average Bonchev–Trinajstić information content (AvgIpc) is 3.14. The number of carbonyl (C=O) groups excluding carboxylic acids is 1. The van der Waals surface area contributed by atoms with Gasteiger partial charge in [-0.05, 0) is 60.5 Å². The van der Waals surface area contributed by atoms with E-state index in [1.54, 1.807) is 12.1 Å². The summed E-state index contributed by atoms with van der Waals surface area (Å²) in [5, 5.41) is 9.83. The van der Waals surface area contributed by atoms with Gasteiger partial charge in [-0.2, -0.15) is 5.26 Å². The molecular weight excluding hydrogens is 439 g/mol. The molecule has 6 heteroatoms. The van der Waals surface area contributed by atoms with E-state index in [-0.39, 0.29) is 11.7 Å². The summed E-state index contributed by atoms with van der Waals surface area (Å²) in [6, 6.07) is 25.5. The van der Waals surface area contributed by atoms with Gasteiger partial charge in [0.1, 0.15) is 5.82 Å². The molecule has 0 unspecified atom stereocenters. The molecule has 1 fully saturated rings. The molecule has 0 aliphatic carbocycles. The lowest BCUT2D eigenvalue weighted by Gasteiger charge is -2.23. The SMILES string of the molecule is N#Cc1ccc(CN2CCCN(C(=O)c3cc(-c4ccc(F)cc4)nc4ccccc34)CC2)cc1. The molecule has 0 saturated carbocycles. The van der Waals surface area contributed by atoms with E-state index in [4.69, 9.17) is 10.2 Å². The fourth-order valence-electron chi connectivity index (χ4n) is 4.57. The molecule has 0 atom stereocenters. The number of fused-ring (bicyclic) bond motifs is 1. The van der Waals surface area contributed by atoms with Crippen LogP contribution in [0.15, 0.2) is 78.9 Å². The van der Waals surface area contributed by atoms with Crippen molar-refractivity contribution in [3.8, 4) is 17.3 Å². The average molecular weight is 465 g/mol. The molecule has 5 rings (SSSR count). The molecule has 0 bridgehead atoms. The maximum Gasteiger partial charge on any atom is 0.254 e. The normalized spacial score (nSPS) is 14.5. The van der Waals surface area contributed by atoms with E-state index in [9.17, 15) is 9.18 Å². The number of amides is 1. The fourth-order valence-corrected chi connectivity index (χ4v) is 4.57. The molecule has 1 aliphatic rings. The van der Waals surface area contributed by atoms with Crippen LogP contribution in [0.5, 0.6) is 0 Å². The van der Waals surface area contributed by atoms with E-state index < -0.39 is 0 Å². The Morgan fingerprint density at radius 2 is 1.71 bits per heavy atom. The Kier molecular flexibility index (Phi) is 6.51. The zero-order valence-corrected chi connectivity index (χ0v) is 19.3. The van der Waals surface area contributed by atoms with Crippen molar-refractivity contribution >= 4 is 16.8 Å². The van der Waals surface area contributed by atoms with Crippen molar-refractivity contribution in [1.82, 2.24) is 14.8 Å². The summed E-state index contributed by atoms with van der Waals surface area (Å²) in [4.78, 5) is 22.7. The molecule has 1 saturated heterocycles. The van der Waals surface area contributed by atoms with Gasteiger partial charge in [-0.3, -0.25) is 9.69 Å². The highest BCUT2D eigenvalue weighted by Gasteiger charge is 2.23. The second-order valence-electron chi connectivity index (χ2n) is 8.81. The van der Waals surface area contributed by atoms with E-state index in [0.717, 1.165) is 48.1 Å². The van der Waals surface area contributed by atoms with Crippen LogP contribution in [0.4, 0.5) is 4.39 Å². The Bertz CT molecular complexity index is 1390. The number of benzene rings is 3. The molecule has 1 amide bonds. The van der Waals surface area contributed by atoms with Gasteiger partial charge in [0.05, 0.1) is 28.4 Å². The minimum atomic E-state index is -0.305. The summed E-state index contributed by atoms with van der Waals surface area (Å²) >= 11 is 0. The van der Waals surface area contributed by atoms with Crippen LogP contribution in [0, 0.1) is 17.1 Å². The molecule has 35 heavy (non-hydrogen) atoms. The third-order valence-corrected chi connectivity index (χ3v) is 6.45. The van der Waals surface area contributed by atoms with Crippen LogP contribution in [-0.2, 0) is 6.54 Å². The van der Waals surface area contributed by atoms with Crippen LogP contribution < -0.4 is 0 Å². The Labute approximate surface area is 204 Å².